The zero-order valence-corrected chi connectivity index (χ0v) is 7.66. The molecular weight excluding hydrogens is 166 g/mol. The molecule has 13 heavy (non-hydrogen) atoms. The minimum absolute atomic E-state index is 0.707. The Hall–Kier alpha value is -1.16. The summed E-state index contributed by atoms with van der Waals surface area (Å²) in [6.07, 6.45) is 2.46. The van der Waals surface area contributed by atoms with Gasteiger partial charge in [0, 0.05) is 12.1 Å². The largest absolute Gasteiger partial charge is 0.481 e. The van der Waals surface area contributed by atoms with Gasteiger partial charge in [0.05, 0.1) is 12.8 Å². The fourth-order valence-corrected chi connectivity index (χ4v) is 1.55. The van der Waals surface area contributed by atoms with Gasteiger partial charge < -0.3 is 9.64 Å². The number of hydrogen-bond donors (Lipinski definition) is 0. The lowest BCUT2D eigenvalue weighted by Gasteiger charge is -2.30. The molecule has 2 rings (SSSR count). The van der Waals surface area contributed by atoms with Gasteiger partial charge in [0.1, 0.15) is 6.33 Å². The molecule has 0 saturated carbocycles. The number of fused-ring (bicyclic) bond motifs is 1. The van der Waals surface area contributed by atoms with Crippen molar-refractivity contribution in [2.45, 2.75) is 13.0 Å². The average molecular weight is 178 g/mol. The monoisotopic (exact) mass is 178 g/mol. The van der Waals surface area contributed by atoms with E-state index in [1.54, 1.807) is 7.11 Å². The van der Waals surface area contributed by atoms with Gasteiger partial charge in [-0.25, -0.2) is 9.97 Å². The molecule has 0 radical (unpaired) electrons. The number of nitrogens with zero attached hydrogens (tertiary/aromatic N) is 3. The summed E-state index contributed by atoms with van der Waals surface area (Å²) >= 11 is 0. The Morgan fingerprint density at radius 1 is 1.54 bits per heavy atom. The Labute approximate surface area is 77.6 Å². The van der Waals surface area contributed by atoms with Crippen molar-refractivity contribution in [3.05, 3.63) is 24.6 Å². The van der Waals surface area contributed by atoms with Gasteiger partial charge in [-0.2, -0.15) is 0 Å². The minimum Gasteiger partial charge on any atom is -0.481 e. The Morgan fingerprint density at radius 2 is 2.38 bits per heavy atom. The third kappa shape index (κ3) is 1.49. The SMILES string of the molecule is [CH2-]N1CCc2c(ncnc2OC)C1. The van der Waals surface area contributed by atoms with E-state index in [1.807, 2.05) is 4.90 Å². The van der Waals surface area contributed by atoms with Crippen LogP contribution in [0.5, 0.6) is 5.88 Å². The van der Waals surface area contributed by atoms with Crippen molar-refractivity contribution in [1.82, 2.24) is 14.9 Å². The van der Waals surface area contributed by atoms with Crippen molar-refractivity contribution < 1.29 is 4.74 Å². The molecule has 0 fully saturated rings. The summed E-state index contributed by atoms with van der Waals surface area (Å²) in [7, 11) is 5.52. The highest BCUT2D eigenvalue weighted by molar-refractivity contribution is 5.31. The van der Waals surface area contributed by atoms with Crippen LogP contribution in [0.4, 0.5) is 0 Å². The van der Waals surface area contributed by atoms with Crippen molar-refractivity contribution >= 4 is 0 Å². The number of hydrogen-bond acceptors (Lipinski definition) is 4. The van der Waals surface area contributed by atoms with Crippen LogP contribution in [0.3, 0.4) is 0 Å². The summed E-state index contributed by atoms with van der Waals surface area (Å²) in [6.45, 7) is 1.73. The van der Waals surface area contributed by atoms with Crippen LogP contribution in [0, 0.1) is 7.05 Å². The molecule has 4 heteroatoms. The summed E-state index contributed by atoms with van der Waals surface area (Å²) < 4.78 is 5.16. The van der Waals surface area contributed by atoms with Crippen LogP contribution in [0.25, 0.3) is 0 Å². The highest BCUT2D eigenvalue weighted by Crippen LogP contribution is 2.22. The fourth-order valence-electron chi connectivity index (χ4n) is 1.55. The van der Waals surface area contributed by atoms with Gasteiger partial charge in [0.15, 0.2) is 0 Å². The Kier molecular flexibility index (Phi) is 2.14. The number of rotatable bonds is 1. The van der Waals surface area contributed by atoms with Crippen molar-refractivity contribution in [2.24, 2.45) is 0 Å². The molecule has 0 aliphatic carbocycles. The molecule has 1 aliphatic rings. The van der Waals surface area contributed by atoms with E-state index in [4.69, 9.17) is 4.74 Å². The summed E-state index contributed by atoms with van der Waals surface area (Å²) in [5.41, 5.74) is 2.16. The Bertz CT molecular complexity index is 314. The molecule has 4 nitrogen and oxygen atoms in total. The Morgan fingerprint density at radius 3 is 3.15 bits per heavy atom. The molecular formula is C9H12N3O-. The molecule has 0 amide bonds. The van der Waals surface area contributed by atoms with E-state index < -0.39 is 0 Å². The molecule has 0 N–H and O–H groups in total. The number of methoxy groups -OCH3 is 1. The van der Waals surface area contributed by atoms with Crippen LogP contribution in [0.15, 0.2) is 6.33 Å². The topological polar surface area (TPSA) is 38.2 Å². The molecule has 0 bridgehead atoms. The van der Waals surface area contributed by atoms with Crippen molar-refractivity contribution in [1.29, 1.82) is 0 Å². The lowest BCUT2D eigenvalue weighted by molar-refractivity contribution is 0.325. The lowest BCUT2D eigenvalue weighted by atomic mass is 10.1. The quantitative estimate of drug-likeness (QED) is 0.591. The van der Waals surface area contributed by atoms with Crippen molar-refractivity contribution in [2.75, 3.05) is 13.7 Å². The van der Waals surface area contributed by atoms with Crippen molar-refractivity contribution in [3.63, 3.8) is 0 Å². The Balaban J connectivity index is 2.39. The van der Waals surface area contributed by atoms with E-state index in [9.17, 15) is 0 Å². The van der Waals surface area contributed by atoms with Gasteiger partial charge in [-0.1, -0.05) is 0 Å². The molecule has 1 aromatic rings. The molecule has 0 unspecified atom stereocenters. The van der Waals surface area contributed by atoms with E-state index in [1.165, 1.54) is 6.33 Å². The predicted molar refractivity (Wildman–Crippen MR) is 48.1 cm³/mol. The minimum atomic E-state index is 0.707. The molecule has 0 saturated heterocycles. The number of aromatic nitrogens is 2. The normalized spacial score (nSPS) is 16.8. The highest BCUT2D eigenvalue weighted by Gasteiger charge is 2.15. The van der Waals surface area contributed by atoms with E-state index in [0.29, 0.717) is 5.88 Å². The fraction of sp³-hybridized carbons (Fsp3) is 0.444. The van der Waals surface area contributed by atoms with Crippen molar-refractivity contribution in [3.8, 4) is 5.88 Å². The zero-order valence-electron chi connectivity index (χ0n) is 7.66. The summed E-state index contributed by atoms with van der Waals surface area (Å²) in [5.74, 6) is 0.707. The van der Waals surface area contributed by atoms with Crippen LogP contribution in [-0.4, -0.2) is 28.5 Å². The first-order valence-electron chi connectivity index (χ1n) is 4.23. The third-order valence-corrected chi connectivity index (χ3v) is 2.24. The summed E-state index contributed by atoms with van der Waals surface area (Å²) in [4.78, 5) is 10.3. The molecule has 2 heterocycles. The van der Waals surface area contributed by atoms with Gasteiger partial charge in [0.2, 0.25) is 5.88 Å². The van der Waals surface area contributed by atoms with Crippen LogP contribution < -0.4 is 4.74 Å². The highest BCUT2D eigenvalue weighted by atomic mass is 16.5. The molecule has 70 valence electrons. The van der Waals surface area contributed by atoms with Gasteiger partial charge >= 0.3 is 0 Å². The maximum absolute atomic E-state index is 5.16. The standard InChI is InChI=1S/C9H12N3O/c1-12-4-3-7-8(5-12)10-6-11-9(7)13-2/h6H,1,3-5H2,2H3/q-1. The van der Waals surface area contributed by atoms with Gasteiger partial charge in [-0.3, -0.25) is 7.05 Å². The second-order valence-electron chi connectivity index (χ2n) is 3.11. The lowest BCUT2D eigenvalue weighted by Crippen LogP contribution is -2.26. The maximum atomic E-state index is 5.16. The first-order valence-corrected chi connectivity index (χ1v) is 4.23. The first kappa shape index (κ1) is 8.44. The first-order chi connectivity index (χ1) is 6.31. The van der Waals surface area contributed by atoms with Crippen LogP contribution in [-0.2, 0) is 13.0 Å². The average Bonchev–Trinajstić information content (AvgIpc) is 2.16. The summed E-state index contributed by atoms with van der Waals surface area (Å²) in [5, 5.41) is 0. The van der Waals surface area contributed by atoms with Crippen LogP contribution >= 0.6 is 0 Å². The smallest absolute Gasteiger partial charge is 0.219 e. The van der Waals surface area contributed by atoms with Crippen LogP contribution in [0.1, 0.15) is 11.3 Å². The zero-order chi connectivity index (χ0) is 9.26. The van der Waals surface area contributed by atoms with E-state index in [-0.39, 0.29) is 0 Å². The summed E-state index contributed by atoms with van der Waals surface area (Å²) in [6, 6.07) is 0. The molecule has 1 aromatic heterocycles. The second-order valence-corrected chi connectivity index (χ2v) is 3.11. The van der Waals surface area contributed by atoms with Gasteiger partial charge in [-0.15, -0.1) is 0 Å². The molecule has 0 spiro atoms. The predicted octanol–water partition coefficient (Wildman–Crippen LogP) is 0.635. The third-order valence-electron chi connectivity index (χ3n) is 2.24. The maximum Gasteiger partial charge on any atom is 0.219 e. The van der Waals surface area contributed by atoms with Crippen LogP contribution in [0.2, 0.25) is 0 Å². The van der Waals surface area contributed by atoms with E-state index in [2.05, 4.69) is 17.0 Å². The van der Waals surface area contributed by atoms with E-state index >= 15 is 0 Å². The second kappa shape index (κ2) is 3.30. The van der Waals surface area contributed by atoms with Gasteiger partial charge in [0.25, 0.3) is 0 Å². The van der Waals surface area contributed by atoms with Gasteiger partial charge in [-0.05, 0) is 13.0 Å². The molecule has 0 atom stereocenters. The number of ether oxygens (including phenoxy) is 1. The van der Waals surface area contributed by atoms with E-state index in [0.717, 1.165) is 30.8 Å². The molecule has 1 aliphatic heterocycles. The molecule has 0 aromatic carbocycles.